The van der Waals surface area contributed by atoms with Crippen molar-refractivity contribution in [2.75, 3.05) is 0 Å². The zero-order chi connectivity index (χ0) is 33.2. The zero-order valence-electron chi connectivity index (χ0n) is 28.3. The minimum atomic E-state index is -1.48. The number of nitriles is 2. The molecule has 0 amide bonds. The Hall–Kier alpha value is -3.59. The van der Waals surface area contributed by atoms with Crippen LogP contribution in [0.25, 0.3) is 5.69 Å². The van der Waals surface area contributed by atoms with Gasteiger partial charge in [-0.2, -0.15) is 10.5 Å². The lowest BCUT2D eigenvalue weighted by molar-refractivity contribution is -0.190. The molecule has 46 heavy (non-hydrogen) atoms. The third-order valence-corrected chi connectivity index (χ3v) is 13.2. The molecule has 1 aliphatic heterocycles. The molecule has 0 saturated heterocycles. The van der Waals surface area contributed by atoms with Gasteiger partial charge in [0.1, 0.15) is 6.10 Å². The van der Waals surface area contributed by atoms with E-state index in [1.165, 1.54) is 29.1 Å². The molecule has 0 radical (unpaired) electrons. The number of esters is 1. The summed E-state index contributed by atoms with van der Waals surface area (Å²) in [6.45, 7) is 12.6. The van der Waals surface area contributed by atoms with Crippen LogP contribution in [0.3, 0.4) is 0 Å². The van der Waals surface area contributed by atoms with Crippen LogP contribution in [-0.2, 0) is 20.6 Å². The Kier molecular flexibility index (Phi) is 7.94. The van der Waals surface area contributed by atoms with E-state index in [1.54, 1.807) is 24.3 Å². The fourth-order valence-electron chi connectivity index (χ4n) is 11.1. The van der Waals surface area contributed by atoms with E-state index >= 15 is 0 Å². The van der Waals surface area contributed by atoms with Crippen LogP contribution in [0.5, 0.6) is 0 Å². The van der Waals surface area contributed by atoms with Gasteiger partial charge in [0.05, 0.1) is 17.8 Å². The maximum atomic E-state index is 14.8. The van der Waals surface area contributed by atoms with E-state index < -0.39 is 39.9 Å². The van der Waals surface area contributed by atoms with Gasteiger partial charge in [-0.05, 0) is 73.8 Å². The lowest BCUT2D eigenvalue weighted by Gasteiger charge is -2.66. The fraction of sp³-hybridized carbons (Fsp3) is 0.703. The van der Waals surface area contributed by atoms with E-state index in [0.29, 0.717) is 42.7 Å². The van der Waals surface area contributed by atoms with Gasteiger partial charge in [0.15, 0.2) is 11.1 Å². The number of nitrogens with zero attached hydrogens (tertiary/aromatic N) is 5. The molecule has 3 fully saturated rings. The summed E-state index contributed by atoms with van der Waals surface area (Å²) in [6.07, 6.45) is 7.42. The van der Waals surface area contributed by atoms with Crippen molar-refractivity contribution in [1.82, 2.24) is 13.9 Å². The summed E-state index contributed by atoms with van der Waals surface area (Å²) >= 11 is 0. The van der Waals surface area contributed by atoms with E-state index in [-0.39, 0.29) is 23.7 Å². The van der Waals surface area contributed by atoms with Crippen molar-refractivity contribution in [3.05, 3.63) is 51.3 Å². The van der Waals surface area contributed by atoms with Gasteiger partial charge in [0, 0.05) is 30.6 Å². The van der Waals surface area contributed by atoms with Gasteiger partial charge in [0.2, 0.25) is 0 Å². The van der Waals surface area contributed by atoms with Crippen molar-refractivity contribution in [3.63, 3.8) is 0 Å². The third-order valence-electron chi connectivity index (χ3n) is 13.2. The second-order valence-corrected chi connectivity index (χ2v) is 15.8. The highest BCUT2D eigenvalue weighted by atomic mass is 16.5. The van der Waals surface area contributed by atoms with E-state index in [4.69, 9.17) is 4.74 Å². The standard InChI is InChI=1S/C37H49N5O4/c1-24(2)11-10-12-25(3)29-15-16-30-34(29,5)19-18-31-35(6)20-17-28(46-26(4)43)21-36(35,22-38)41-32(44)40(27-13-8-7-9-14-27)33(45)42(41)37(30,31)23-39/h7-9,13-14,24-25,28-31H,10-12,15-21H2,1-6H3/t25-,28-,29-,30+,31-,34+,35+,36+,37+/m0/s1. The molecule has 6 rings (SSSR count). The minimum absolute atomic E-state index is 0.0905. The first kappa shape index (κ1) is 32.4. The van der Waals surface area contributed by atoms with Crippen molar-refractivity contribution in [2.45, 2.75) is 123 Å². The molecule has 0 bridgehead atoms. The smallest absolute Gasteiger partial charge is 0.353 e. The summed E-state index contributed by atoms with van der Waals surface area (Å²) in [5.74, 6) is 0.607. The van der Waals surface area contributed by atoms with Crippen molar-refractivity contribution in [3.8, 4) is 17.8 Å². The zero-order valence-corrected chi connectivity index (χ0v) is 28.3. The van der Waals surface area contributed by atoms with E-state index in [9.17, 15) is 24.9 Å². The summed E-state index contributed by atoms with van der Waals surface area (Å²) in [5, 5.41) is 22.8. The molecule has 2 heterocycles. The van der Waals surface area contributed by atoms with Crippen LogP contribution in [0.4, 0.5) is 0 Å². The molecule has 1 aromatic carbocycles. The Morgan fingerprint density at radius 3 is 2.26 bits per heavy atom. The molecule has 3 aliphatic carbocycles. The van der Waals surface area contributed by atoms with Gasteiger partial charge in [-0.3, -0.25) is 4.79 Å². The minimum Gasteiger partial charge on any atom is -0.462 e. The molecule has 9 nitrogen and oxygen atoms in total. The molecule has 0 N–H and O–H groups in total. The maximum Gasteiger partial charge on any atom is 0.353 e. The van der Waals surface area contributed by atoms with Crippen LogP contribution in [0.15, 0.2) is 39.9 Å². The average Bonchev–Trinajstić information content (AvgIpc) is 3.51. The second kappa shape index (κ2) is 11.3. The lowest BCUT2D eigenvalue weighted by atomic mass is 9.43. The average molecular weight is 628 g/mol. The molecule has 9 heteroatoms. The topological polar surface area (TPSA) is 123 Å². The molecule has 0 unspecified atom stereocenters. The summed E-state index contributed by atoms with van der Waals surface area (Å²) in [7, 11) is 0. The van der Waals surface area contributed by atoms with E-state index in [0.717, 1.165) is 30.3 Å². The number of para-hydroxylation sites is 1. The monoisotopic (exact) mass is 627 g/mol. The summed E-state index contributed by atoms with van der Waals surface area (Å²) in [6, 6.07) is 14.1. The SMILES string of the molecule is CC(=O)O[C@H]1CC[C@]2(C)[C@@H]3CC[C@@]4(C)[C@@H](CC[C@H]4[C@@H](C)CCCC(C)C)[C@@]3(C#N)n3c(=O)n(-c4ccccc4)c(=O)n3[C@@]2(C#N)C1. The Balaban J connectivity index is 1.59. The number of benzene rings is 1. The number of hydrogen-bond donors (Lipinski definition) is 0. The normalized spacial score (nSPS) is 36.8. The number of aromatic nitrogens is 3. The highest BCUT2D eigenvalue weighted by Crippen LogP contribution is 2.71. The van der Waals surface area contributed by atoms with Crippen LogP contribution >= 0.6 is 0 Å². The first-order valence-electron chi connectivity index (χ1n) is 17.4. The molecule has 0 spiro atoms. The lowest BCUT2D eigenvalue weighted by Crippen LogP contribution is -2.74. The van der Waals surface area contributed by atoms with Gasteiger partial charge in [-0.25, -0.2) is 23.5 Å². The predicted octanol–water partition coefficient (Wildman–Crippen LogP) is 6.28. The predicted molar refractivity (Wildman–Crippen MR) is 174 cm³/mol. The van der Waals surface area contributed by atoms with Crippen LogP contribution in [-0.4, -0.2) is 26.0 Å². The Bertz CT molecular complexity index is 1710. The van der Waals surface area contributed by atoms with Crippen molar-refractivity contribution >= 4 is 5.97 Å². The molecule has 246 valence electrons. The van der Waals surface area contributed by atoms with Crippen LogP contribution in [0.2, 0.25) is 0 Å². The summed E-state index contributed by atoms with van der Waals surface area (Å²) in [4.78, 5) is 41.6. The third kappa shape index (κ3) is 4.26. The quantitative estimate of drug-likeness (QED) is 0.333. The molecular formula is C37H49N5O4. The molecular weight excluding hydrogens is 578 g/mol. The number of ether oxygens (including phenoxy) is 1. The van der Waals surface area contributed by atoms with Crippen LogP contribution < -0.4 is 11.4 Å². The van der Waals surface area contributed by atoms with Crippen molar-refractivity contribution < 1.29 is 9.53 Å². The molecule has 9 atom stereocenters. The number of carbonyl (C=O) groups is 1. The van der Waals surface area contributed by atoms with Crippen molar-refractivity contribution in [1.29, 1.82) is 10.5 Å². The Morgan fingerprint density at radius 2 is 1.63 bits per heavy atom. The molecule has 4 aliphatic rings. The first-order valence-corrected chi connectivity index (χ1v) is 17.4. The highest BCUT2D eigenvalue weighted by molar-refractivity contribution is 5.66. The van der Waals surface area contributed by atoms with Gasteiger partial charge in [-0.1, -0.05) is 72.1 Å². The van der Waals surface area contributed by atoms with Gasteiger partial charge in [0.25, 0.3) is 0 Å². The first-order chi connectivity index (χ1) is 21.8. The number of carbonyl (C=O) groups excluding carboxylic acids is 1. The van der Waals surface area contributed by atoms with Gasteiger partial charge >= 0.3 is 17.3 Å². The Labute approximate surface area is 272 Å². The molecule has 2 aromatic rings. The summed E-state index contributed by atoms with van der Waals surface area (Å²) in [5.41, 5.74) is -4.59. The Morgan fingerprint density at radius 1 is 0.935 bits per heavy atom. The van der Waals surface area contributed by atoms with Crippen molar-refractivity contribution in [2.24, 2.45) is 40.4 Å². The summed E-state index contributed by atoms with van der Waals surface area (Å²) < 4.78 is 9.64. The van der Waals surface area contributed by atoms with Crippen LogP contribution in [0, 0.1) is 63.1 Å². The second-order valence-electron chi connectivity index (χ2n) is 15.8. The van der Waals surface area contributed by atoms with E-state index in [2.05, 4.69) is 46.8 Å². The van der Waals surface area contributed by atoms with Crippen LogP contribution in [0.1, 0.15) is 106 Å². The number of rotatable bonds is 7. The fourth-order valence-corrected chi connectivity index (χ4v) is 11.1. The highest BCUT2D eigenvalue weighted by Gasteiger charge is 2.75. The molecule has 3 saturated carbocycles. The van der Waals surface area contributed by atoms with Gasteiger partial charge < -0.3 is 4.74 Å². The number of fused-ring (bicyclic) bond motifs is 8. The van der Waals surface area contributed by atoms with Gasteiger partial charge in [-0.15, -0.1) is 0 Å². The van der Waals surface area contributed by atoms with E-state index in [1.807, 2.05) is 6.07 Å². The maximum absolute atomic E-state index is 14.8. The largest absolute Gasteiger partial charge is 0.462 e. The number of hydrogen-bond acceptors (Lipinski definition) is 6. The molecule has 1 aromatic heterocycles.